The van der Waals surface area contributed by atoms with E-state index >= 15 is 0 Å². The molecule has 6 rings (SSSR count). The Kier molecular flexibility index (Phi) is 6.80. The zero-order valence-corrected chi connectivity index (χ0v) is 19.3. The SMILES string of the molecule is O=C(O)CC1OC[C@H]2O[C@H]3C=C[C@H]4O[C@H]5[C@H](O)[C@H]6OCC=CC[C@@H]6O[C@@H]5C[C@@H]4O[C@@H]3CC=C[C@@H]2O1. The van der Waals surface area contributed by atoms with Crippen LogP contribution in [-0.4, -0.2) is 103 Å². The second-order valence-electron chi connectivity index (χ2n) is 9.87. The number of ether oxygens (including phenoxy) is 7. The lowest BCUT2D eigenvalue weighted by Gasteiger charge is -2.49. The summed E-state index contributed by atoms with van der Waals surface area (Å²) >= 11 is 0. The van der Waals surface area contributed by atoms with Gasteiger partial charge in [-0.2, -0.15) is 0 Å². The Balaban J connectivity index is 1.15. The van der Waals surface area contributed by atoms with Gasteiger partial charge in [0.2, 0.25) is 0 Å². The van der Waals surface area contributed by atoms with Gasteiger partial charge in [0, 0.05) is 6.42 Å². The van der Waals surface area contributed by atoms with E-state index in [2.05, 4.69) is 0 Å². The van der Waals surface area contributed by atoms with Crippen LogP contribution in [0.1, 0.15) is 25.7 Å². The fourth-order valence-corrected chi connectivity index (χ4v) is 5.81. The quantitative estimate of drug-likeness (QED) is 0.537. The Hall–Kier alpha value is -1.63. The molecule has 35 heavy (non-hydrogen) atoms. The van der Waals surface area contributed by atoms with Crippen LogP contribution in [0.4, 0.5) is 0 Å². The van der Waals surface area contributed by atoms with E-state index in [1.807, 2.05) is 36.5 Å². The minimum Gasteiger partial charge on any atom is -0.481 e. The number of hydrogen-bond acceptors (Lipinski definition) is 9. The van der Waals surface area contributed by atoms with Gasteiger partial charge in [0.25, 0.3) is 0 Å². The molecule has 0 aliphatic carbocycles. The average molecular weight is 493 g/mol. The summed E-state index contributed by atoms with van der Waals surface area (Å²) in [6.07, 6.45) is 8.58. The van der Waals surface area contributed by atoms with Crippen molar-refractivity contribution in [3.05, 3.63) is 36.5 Å². The number of carboxylic acids is 1. The molecule has 0 amide bonds. The average Bonchev–Trinajstić information content (AvgIpc) is 3.15. The third kappa shape index (κ3) is 4.86. The van der Waals surface area contributed by atoms with Gasteiger partial charge < -0.3 is 43.4 Å². The molecular weight excluding hydrogens is 460 g/mol. The monoisotopic (exact) mass is 492 g/mol. The molecular formula is C25H32O10. The van der Waals surface area contributed by atoms with Gasteiger partial charge in [0.05, 0.1) is 44.1 Å². The van der Waals surface area contributed by atoms with Crippen LogP contribution < -0.4 is 0 Å². The number of rotatable bonds is 2. The molecule has 192 valence electrons. The van der Waals surface area contributed by atoms with Crippen molar-refractivity contribution in [1.29, 1.82) is 0 Å². The molecule has 0 radical (unpaired) electrons. The van der Waals surface area contributed by atoms with Crippen molar-refractivity contribution >= 4 is 5.97 Å². The molecule has 6 aliphatic heterocycles. The van der Waals surface area contributed by atoms with E-state index in [4.69, 9.17) is 38.3 Å². The van der Waals surface area contributed by atoms with Crippen LogP contribution in [0.15, 0.2) is 36.5 Å². The van der Waals surface area contributed by atoms with Crippen molar-refractivity contribution in [2.24, 2.45) is 0 Å². The predicted octanol–water partition coefficient (Wildman–Crippen LogP) is 0.871. The van der Waals surface area contributed by atoms with Gasteiger partial charge in [-0.1, -0.05) is 36.5 Å². The van der Waals surface area contributed by atoms with Gasteiger partial charge in [0.1, 0.15) is 42.7 Å². The lowest BCUT2D eigenvalue weighted by molar-refractivity contribution is -0.289. The highest BCUT2D eigenvalue weighted by Gasteiger charge is 2.52. The minimum atomic E-state index is -0.973. The third-order valence-electron chi connectivity index (χ3n) is 7.52. The Labute approximate surface area is 203 Å². The molecule has 6 heterocycles. The first-order valence-electron chi connectivity index (χ1n) is 12.5. The number of aliphatic hydroxyl groups is 1. The third-order valence-corrected chi connectivity index (χ3v) is 7.52. The summed E-state index contributed by atoms with van der Waals surface area (Å²) in [6, 6.07) is 0. The summed E-state index contributed by atoms with van der Waals surface area (Å²) in [7, 11) is 0. The lowest BCUT2D eigenvalue weighted by Crippen LogP contribution is -2.63. The molecule has 3 fully saturated rings. The summed E-state index contributed by atoms with van der Waals surface area (Å²) in [5, 5.41) is 20.1. The molecule has 0 aromatic carbocycles. The smallest absolute Gasteiger partial charge is 0.308 e. The van der Waals surface area contributed by atoms with Crippen molar-refractivity contribution in [3.63, 3.8) is 0 Å². The number of aliphatic carboxylic acids is 1. The van der Waals surface area contributed by atoms with Gasteiger partial charge in [-0.3, -0.25) is 4.79 Å². The first-order chi connectivity index (χ1) is 17.0. The van der Waals surface area contributed by atoms with Crippen molar-refractivity contribution in [3.8, 4) is 0 Å². The second kappa shape index (κ2) is 10.0. The summed E-state index contributed by atoms with van der Waals surface area (Å²) in [4.78, 5) is 11.0. The minimum absolute atomic E-state index is 0.208. The predicted molar refractivity (Wildman–Crippen MR) is 119 cm³/mol. The molecule has 0 saturated carbocycles. The molecule has 0 bridgehead atoms. The molecule has 10 heteroatoms. The van der Waals surface area contributed by atoms with Gasteiger partial charge in [-0.15, -0.1) is 0 Å². The Bertz CT molecular complexity index is 872. The highest BCUT2D eigenvalue weighted by molar-refractivity contribution is 5.67. The molecule has 1 unspecified atom stereocenters. The van der Waals surface area contributed by atoms with Crippen molar-refractivity contribution in [1.82, 2.24) is 0 Å². The lowest BCUT2D eigenvalue weighted by atomic mass is 9.87. The normalized spacial score (nSPS) is 49.1. The molecule has 3 saturated heterocycles. The standard InChI is InChI=1S/C25H32O10/c26-21(27)11-22-30-12-20-14(34-22)6-3-5-13-15(32-20)7-8-16-18(31-13)10-19-25(35-16)23(28)24-17(33-19)4-1-2-9-29-24/h1-3,6-8,13-20,22-25,28H,4-5,9-12H2,(H,26,27)/t13-,14+,15+,16-,17+,18+,19-,20-,22?,23-,24+,25-/m1/s1. The molecule has 12 atom stereocenters. The maximum Gasteiger partial charge on any atom is 0.308 e. The van der Waals surface area contributed by atoms with Crippen molar-refractivity contribution in [2.75, 3.05) is 13.2 Å². The van der Waals surface area contributed by atoms with Crippen molar-refractivity contribution in [2.45, 2.75) is 99.1 Å². The number of carbonyl (C=O) groups is 1. The molecule has 2 N–H and O–H groups in total. The first-order valence-corrected chi connectivity index (χ1v) is 12.5. The first kappa shape index (κ1) is 23.7. The molecule has 0 spiro atoms. The Morgan fingerprint density at radius 2 is 1.51 bits per heavy atom. The van der Waals surface area contributed by atoms with E-state index in [-0.39, 0.29) is 55.8 Å². The zero-order chi connectivity index (χ0) is 23.9. The van der Waals surface area contributed by atoms with Gasteiger partial charge >= 0.3 is 5.97 Å². The molecule has 0 aromatic heterocycles. The topological polar surface area (TPSA) is 122 Å². The van der Waals surface area contributed by atoms with E-state index in [1.165, 1.54) is 0 Å². The fourth-order valence-electron chi connectivity index (χ4n) is 5.81. The maximum atomic E-state index is 11.1. The van der Waals surface area contributed by atoms with Crippen LogP contribution in [0.25, 0.3) is 0 Å². The summed E-state index contributed by atoms with van der Waals surface area (Å²) < 4.78 is 42.8. The number of carboxylic acid groups (broad SMARTS) is 1. The molecule has 10 nitrogen and oxygen atoms in total. The number of hydrogen-bond donors (Lipinski definition) is 2. The summed E-state index contributed by atoms with van der Waals surface area (Å²) in [5.41, 5.74) is 0. The van der Waals surface area contributed by atoms with E-state index < -0.39 is 36.7 Å². The molecule has 0 aromatic rings. The second-order valence-corrected chi connectivity index (χ2v) is 9.87. The fraction of sp³-hybridized carbons (Fsp3) is 0.720. The number of aliphatic hydroxyl groups excluding tert-OH is 1. The van der Waals surface area contributed by atoms with Crippen LogP contribution in [0.5, 0.6) is 0 Å². The van der Waals surface area contributed by atoms with Gasteiger partial charge in [0.15, 0.2) is 6.29 Å². The van der Waals surface area contributed by atoms with Crippen LogP contribution in [0, 0.1) is 0 Å². The maximum absolute atomic E-state index is 11.1. The van der Waals surface area contributed by atoms with Crippen LogP contribution >= 0.6 is 0 Å². The summed E-state index contributed by atoms with van der Waals surface area (Å²) in [5.74, 6) is -0.973. The zero-order valence-electron chi connectivity index (χ0n) is 19.3. The van der Waals surface area contributed by atoms with Gasteiger partial charge in [-0.05, 0) is 12.8 Å². The van der Waals surface area contributed by atoms with Crippen molar-refractivity contribution < 1.29 is 48.2 Å². The Morgan fingerprint density at radius 3 is 2.37 bits per heavy atom. The van der Waals surface area contributed by atoms with E-state index in [1.54, 1.807) is 0 Å². The van der Waals surface area contributed by atoms with E-state index in [9.17, 15) is 9.90 Å². The summed E-state index contributed by atoms with van der Waals surface area (Å²) in [6.45, 7) is 0.684. The largest absolute Gasteiger partial charge is 0.481 e. The van der Waals surface area contributed by atoms with Crippen LogP contribution in [-0.2, 0) is 38.0 Å². The van der Waals surface area contributed by atoms with Crippen LogP contribution in [0.3, 0.4) is 0 Å². The highest BCUT2D eigenvalue weighted by atomic mass is 16.7. The highest BCUT2D eigenvalue weighted by Crippen LogP contribution is 2.38. The van der Waals surface area contributed by atoms with E-state index in [0.717, 1.165) is 0 Å². The van der Waals surface area contributed by atoms with Gasteiger partial charge in [-0.25, -0.2) is 0 Å². The Morgan fingerprint density at radius 1 is 0.743 bits per heavy atom. The number of fused-ring (bicyclic) bond motifs is 5. The van der Waals surface area contributed by atoms with E-state index in [0.29, 0.717) is 25.9 Å². The molecule has 6 aliphatic rings. The van der Waals surface area contributed by atoms with Crippen LogP contribution in [0.2, 0.25) is 0 Å².